The lowest BCUT2D eigenvalue weighted by Gasteiger charge is -2.24. The van der Waals surface area contributed by atoms with Crippen molar-refractivity contribution in [1.82, 2.24) is 19.5 Å². The number of aliphatic carboxylic acids is 1. The highest BCUT2D eigenvalue weighted by atomic mass is 79.9. The quantitative estimate of drug-likeness (QED) is 0.424. The summed E-state index contributed by atoms with van der Waals surface area (Å²) in [4.78, 5) is 15.0. The molecule has 1 aromatic carbocycles. The third kappa shape index (κ3) is 5.55. The summed E-state index contributed by atoms with van der Waals surface area (Å²) in [5.41, 5.74) is 1.63. The monoisotopic (exact) mass is 554 g/mol. The molecule has 0 amide bonds. The zero-order chi connectivity index (χ0) is 23.6. The van der Waals surface area contributed by atoms with E-state index in [0.29, 0.717) is 21.7 Å². The normalized spacial score (nSPS) is 15.8. The van der Waals surface area contributed by atoms with Crippen LogP contribution in [-0.2, 0) is 27.8 Å². The van der Waals surface area contributed by atoms with Gasteiger partial charge in [-0.2, -0.15) is 5.10 Å². The molecule has 9 nitrogen and oxygen atoms in total. The maximum Gasteiger partial charge on any atom is 0.305 e. The lowest BCUT2D eigenvalue weighted by atomic mass is 9.94. The van der Waals surface area contributed by atoms with Crippen LogP contribution in [0.2, 0.25) is 5.02 Å². The van der Waals surface area contributed by atoms with Crippen LogP contribution in [-0.4, -0.2) is 34.3 Å². The van der Waals surface area contributed by atoms with Crippen LogP contribution in [0.3, 0.4) is 0 Å². The molecule has 0 saturated heterocycles. The number of hydrogen-bond donors (Lipinski definition) is 2. The summed E-state index contributed by atoms with van der Waals surface area (Å²) in [5, 5.41) is 13.8. The fraction of sp³-hybridized carbons (Fsp3) is 0.286. The van der Waals surface area contributed by atoms with Gasteiger partial charge < -0.3 is 9.84 Å². The Bertz CT molecular complexity index is 1280. The van der Waals surface area contributed by atoms with Crippen LogP contribution in [0.5, 0.6) is 11.6 Å². The maximum atomic E-state index is 13.1. The molecular weight excluding hydrogens is 536 g/mol. The zero-order valence-electron chi connectivity index (χ0n) is 17.2. The largest absolute Gasteiger partial charge is 0.481 e. The molecule has 2 N–H and O–H groups in total. The van der Waals surface area contributed by atoms with Gasteiger partial charge in [0, 0.05) is 16.3 Å². The lowest BCUT2D eigenvalue weighted by molar-refractivity contribution is -0.137. The SMILES string of the molecule is O=C(O)CCn1ncc2c1CCCC2NS(=O)(=O)c1cnc(Oc2ccc(Cl)cc2)c(Br)c1. The number of fused-ring (bicyclic) bond motifs is 1. The van der Waals surface area contributed by atoms with Gasteiger partial charge in [-0.1, -0.05) is 11.6 Å². The molecule has 1 atom stereocenters. The summed E-state index contributed by atoms with van der Waals surface area (Å²) >= 11 is 9.20. The van der Waals surface area contributed by atoms with E-state index in [-0.39, 0.29) is 23.7 Å². The molecule has 1 unspecified atom stereocenters. The first-order valence-electron chi connectivity index (χ1n) is 10.1. The minimum Gasteiger partial charge on any atom is -0.481 e. The highest BCUT2D eigenvalue weighted by Gasteiger charge is 2.29. The lowest BCUT2D eigenvalue weighted by Crippen LogP contribution is -2.31. The van der Waals surface area contributed by atoms with Crippen LogP contribution in [0.15, 0.2) is 52.1 Å². The van der Waals surface area contributed by atoms with E-state index >= 15 is 0 Å². The average molecular weight is 556 g/mol. The molecule has 12 heteroatoms. The topological polar surface area (TPSA) is 123 Å². The molecule has 0 aliphatic heterocycles. The predicted molar refractivity (Wildman–Crippen MR) is 124 cm³/mol. The molecule has 33 heavy (non-hydrogen) atoms. The number of benzene rings is 1. The first kappa shape index (κ1) is 23.7. The van der Waals surface area contributed by atoms with Gasteiger partial charge in [0.05, 0.1) is 35.9 Å². The average Bonchev–Trinajstić information content (AvgIpc) is 3.19. The number of pyridine rings is 1. The fourth-order valence-electron chi connectivity index (χ4n) is 3.63. The number of rotatable bonds is 8. The van der Waals surface area contributed by atoms with Gasteiger partial charge in [-0.3, -0.25) is 9.48 Å². The van der Waals surface area contributed by atoms with E-state index in [1.807, 2.05) is 0 Å². The Morgan fingerprint density at radius 3 is 2.76 bits per heavy atom. The third-order valence-corrected chi connectivity index (χ3v) is 7.48. The summed E-state index contributed by atoms with van der Waals surface area (Å²) in [5.74, 6) is -0.180. The van der Waals surface area contributed by atoms with E-state index in [1.165, 1.54) is 12.3 Å². The Hall–Kier alpha value is -2.47. The van der Waals surface area contributed by atoms with Crippen molar-refractivity contribution in [1.29, 1.82) is 0 Å². The molecule has 0 bridgehead atoms. The third-order valence-electron chi connectivity index (χ3n) is 5.22. The molecular formula is C21H20BrClN4O5S. The van der Waals surface area contributed by atoms with Gasteiger partial charge in [0.25, 0.3) is 0 Å². The number of ether oxygens (including phenoxy) is 1. The van der Waals surface area contributed by atoms with E-state index in [2.05, 4.69) is 30.7 Å². The van der Waals surface area contributed by atoms with E-state index < -0.39 is 22.0 Å². The Labute approximate surface area is 203 Å². The van der Waals surface area contributed by atoms with E-state index in [4.69, 9.17) is 21.4 Å². The molecule has 174 valence electrons. The van der Waals surface area contributed by atoms with Crippen LogP contribution in [0, 0.1) is 0 Å². The number of sulfonamides is 1. The van der Waals surface area contributed by atoms with Gasteiger partial charge in [-0.25, -0.2) is 18.1 Å². The van der Waals surface area contributed by atoms with Gasteiger partial charge in [-0.05, 0) is 65.5 Å². The number of carboxylic acid groups (broad SMARTS) is 1. The van der Waals surface area contributed by atoms with Crippen molar-refractivity contribution in [3.63, 3.8) is 0 Å². The first-order valence-corrected chi connectivity index (χ1v) is 12.8. The highest BCUT2D eigenvalue weighted by Crippen LogP contribution is 2.33. The second-order valence-electron chi connectivity index (χ2n) is 7.49. The molecule has 2 aromatic heterocycles. The molecule has 1 aliphatic carbocycles. The summed E-state index contributed by atoms with van der Waals surface area (Å²) in [6.45, 7) is 0.246. The van der Waals surface area contributed by atoms with Crippen molar-refractivity contribution in [3.8, 4) is 11.6 Å². The molecule has 3 aromatic rings. The van der Waals surface area contributed by atoms with Crippen molar-refractivity contribution in [2.24, 2.45) is 0 Å². The van der Waals surface area contributed by atoms with Gasteiger partial charge in [0.15, 0.2) is 0 Å². The number of aryl methyl sites for hydroxylation is 1. The predicted octanol–water partition coefficient (Wildman–Crippen LogP) is 4.32. The number of carboxylic acids is 1. The second kappa shape index (κ2) is 9.80. The van der Waals surface area contributed by atoms with Crippen molar-refractivity contribution >= 4 is 43.5 Å². The second-order valence-corrected chi connectivity index (χ2v) is 10.5. The molecule has 2 heterocycles. The number of halogens is 2. The van der Waals surface area contributed by atoms with Crippen molar-refractivity contribution in [2.45, 2.75) is 43.2 Å². The first-order chi connectivity index (χ1) is 15.7. The highest BCUT2D eigenvalue weighted by molar-refractivity contribution is 9.10. The smallest absolute Gasteiger partial charge is 0.305 e. The Morgan fingerprint density at radius 1 is 1.30 bits per heavy atom. The van der Waals surface area contributed by atoms with E-state index in [0.717, 1.165) is 24.1 Å². The van der Waals surface area contributed by atoms with Crippen molar-refractivity contribution < 1.29 is 23.1 Å². The number of nitrogens with zero attached hydrogens (tertiary/aromatic N) is 3. The standard InChI is InChI=1S/C21H20BrClN4O5S/c22-17-10-15(11-24-21(17)32-14-6-4-13(23)5-7-14)33(30,31)26-18-2-1-3-19-16(18)12-25-27(19)9-8-20(28)29/h4-7,10-12,18,26H,1-3,8-9H2,(H,28,29). The number of carbonyl (C=O) groups is 1. The summed E-state index contributed by atoms with van der Waals surface area (Å²) in [6, 6.07) is 7.69. The molecule has 0 fully saturated rings. The van der Waals surface area contributed by atoms with Gasteiger partial charge in [0.1, 0.15) is 10.6 Å². The number of hydrogen-bond acceptors (Lipinski definition) is 6. The van der Waals surface area contributed by atoms with E-state index in [9.17, 15) is 13.2 Å². The van der Waals surface area contributed by atoms with Crippen LogP contribution >= 0.6 is 27.5 Å². The summed E-state index contributed by atoms with van der Waals surface area (Å²) in [6.07, 6.45) is 4.89. The van der Waals surface area contributed by atoms with E-state index in [1.54, 1.807) is 35.1 Å². The molecule has 4 rings (SSSR count). The Balaban J connectivity index is 1.51. The minimum atomic E-state index is -3.88. The molecule has 0 spiro atoms. The van der Waals surface area contributed by atoms with Crippen molar-refractivity contribution in [3.05, 3.63) is 63.5 Å². The Morgan fingerprint density at radius 2 is 2.06 bits per heavy atom. The molecule has 0 radical (unpaired) electrons. The number of aromatic nitrogens is 3. The minimum absolute atomic E-state index is 0.0109. The van der Waals surface area contributed by atoms with Gasteiger partial charge >= 0.3 is 5.97 Å². The number of nitrogens with one attached hydrogen (secondary N) is 1. The summed E-state index contributed by atoms with van der Waals surface area (Å²) < 4.78 is 36.6. The van der Waals surface area contributed by atoms with Crippen LogP contribution in [0.4, 0.5) is 0 Å². The fourth-order valence-corrected chi connectivity index (χ4v) is 5.56. The molecule has 0 saturated carbocycles. The van der Waals surface area contributed by atoms with Gasteiger partial charge in [-0.15, -0.1) is 0 Å². The van der Waals surface area contributed by atoms with Crippen LogP contribution in [0.1, 0.15) is 36.6 Å². The van der Waals surface area contributed by atoms with Crippen molar-refractivity contribution in [2.75, 3.05) is 0 Å². The summed E-state index contributed by atoms with van der Waals surface area (Å²) in [7, 11) is -3.88. The maximum absolute atomic E-state index is 13.1. The zero-order valence-corrected chi connectivity index (χ0v) is 20.4. The van der Waals surface area contributed by atoms with Gasteiger partial charge in [0.2, 0.25) is 15.9 Å². The van der Waals surface area contributed by atoms with Crippen LogP contribution in [0.25, 0.3) is 0 Å². The molecule has 1 aliphatic rings. The van der Waals surface area contributed by atoms with Crippen LogP contribution < -0.4 is 9.46 Å². The Kier molecular flexibility index (Phi) is 7.03.